The summed E-state index contributed by atoms with van der Waals surface area (Å²) in [7, 11) is 0. The summed E-state index contributed by atoms with van der Waals surface area (Å²) in [5.41, 5.74) is 3.51. The molecule has 5 rings (SSSR count). The van der Waals surface area contributed by atoms with Gasteiger partial charge >= 0.3 is 6.09 Å². The van der Waals surface area contributed by atoms with Gasteiger partial charge in [-0.3, -0.25) is 9.69 Å². The average molecular weight is 516 g/mol. The smallest absolute Gasteiger partial charge is 0.410 e. The summed E-state index contributed by atoms with van der Waals surface area (Å²) in [6, 6.07) is 18.5. The van der Waals surface area contributed by atoms with Crippen LogP contribution in [0.15, 0.2) is 66.9 Å². The van der Waals surface area contributed by atoms with E-state index in [1.54, 1.807) is 29.2 Å². The van der Waals surface area contributed by atoms with Crippen molar-refractivity contribution in [2.45, 2.75) is 13.5 Å². The Morgan fingerprint density at radius 2 is 1.61 bits per heavy atom. The predicted octanol–water partition coefficient (Wildman–Crippen LogP) is 3.80. The number of carbonyl (C=O) groups is 2. The minimum Gasteiger partial charge on any atom is -0.410 e. The van der Waals surface area contributed by atoms with Gasteiger partial charge in [0.05, 0.1) is 13.2 Å². The Labute approximate surface area is 223 Å². The Kier molecular flexibility index (Phi) is 8.15. The van der Waals surface area contributed by atoms with Gasteiger partial charge in [0, 0.05) is 63.3 Å². The first-order chi connectivity index (χ1) is 18.5. The third-order valence-corrected chi connectivity index (χ3v) is 6.80. The minimum atomic E-state index is -0.379. The summed E-state index contributed by atoms with van der Waals surface area (Å²) in [6.45, 7) is 8.77. The van der Waals surface area contributed by atoms with Crippen LogP contribution in [0.1, 0.15) is 21.5 Å². The van der Waals surface area contributed by atoms with Gasteiger partial charge in [-0.1, -0.05) is 18.2 Å². The topological polar surface area (TPSA) is 87.2 Å². The van der Waals surface area contributed by atoms with Crippen molar-refractivity contribution >= 4 is 23.5 Å². The molecule has 2 aromatic carbocycles. The average Bonchev–Trinajstić information content (AvgIpc) is 2.95. The molecule has 9 nitrogen and oxygen atoms in total. The van der Waals surface area contributed by atoms with E-state index in [1.807, 2.05) is 49.5 Å². The van der Waals surface area contributed by atoms with E-state index in [2.05, 4.69) is 20.1 Å². The second kappa shape index (κ2) is 12.1. The first kappa shape index (κ1) is 25.7. The van der Waals surface area contributed by atoms with Crippen LogP contribution in [0, 0.1) is 6.92 Å². The zero-order valence-electron chi connectivity index (χ0n) is 21.6. The van der Waals surface area contributed by atoms with Crippen molar-refractivity contribution in [3.63, 3.8) is 0 Å². The fourth-order valence-corrected chi connectivity index (χ4v) is 4.52. The Hall–Kier alpha value is -3.95. The summed E-state index contributed by atoms with van der Waals surface area (Å²) in [4.78, 5) is 36.0. The van der Waals surface area contributed by atoms with Gasteiger partial charge in [-0.05, 0) is 60.5 Å². The number of anilines is 2. The normalized spacial score (nSPS) is 16.2. The van der Waals surface area contributed by atoms with Crippen LogP contribution in [-0.4, -0.2) is 79.3 Å². The molecule has 3 aromatic rings. The van der Waals surface area contributed by atoms with Crippen LogP contribution in [0.3, 0.4) is 0 Å². The second-order valence-corrected chi connectivity index (χ2v) is 9.60. The second-order valence-electron chi connectivity index (χ2n) is 9.60. The predicted molar refractivity (Wildman–Crippen MR) is 146 cm³/mol. The van der Waals surface area contributed by atoms with E-state index < -0.39 is 0 Å². The van der Waals surface area contributed by atoms with Crippen LogP contribution in [0.2, 0.25) is 0 Å². The number of hydrogen-bond donors (Lipinski definition) is 1. The Morgan fingerprint density at radius 3 is 2.26 bits per heavy atom. The molecule has 2 aliphatic heterocycles. The van der Waals surface area contributed by atoms with Gasteiger partial charge in [0.25, 0.3) is 5.91 Å². The molecule has 0 atom stereocenters. The molecule has 0 saturated carbocycles. The zero-order valence-corrected chi connectivity index (χ0v) is 21.6. The van der Waals surface area contributed by atoms with Gasteiger partial charge in [-0.15, -0.1) is 0 Å². The highest BCUT2D eigenvalue weighted by atomic mass is 16.6. The van der Waals surface area contributed by atoms with Gasteiger partial charge in [-0.25, -0.2) is 9.78 Å². The number of benzene rings is 2. The lowest BCUT2D eigenvalue weighted by Crippen LogP contribution is -2.49. The number of pyridine rings is 1. The lowest BCUT2D eigenvalue weighted by Gasteiger charge is -2.34. The van der Waals surface area contributed by atoms with Crippen LogP contribution in [0.25, 0.3) is 0 Å². The number of rotatable bonds is 6. The molecule has 2 aliphatic rings. The maximum absolute atomic E-state index is 12.7. The molecule has 1 aromatic heterocycles. The summed E-state index contributed by atoms with van der Waals surface area (Å²) < 4.78 is 11.0. The molecule has 198 valence electrons. The number of nitrogens with one attached hydrogen (secondary N) is 1. The first-order valence-electron chi connectivity index (χ1n) is 13.0. The van der Waals surface area contributed by atoms with E-state index in [9.17, 15) is 9.59 Å². The number of morpholine rings is 1. The van der Waals surface area contributed by atoms with Crippen molar-refractivity contribution in [1.29, 1.82) is 0 Å². The summed E-state index contributed by atoms with van der Waals surface area (Å²) in [6.07, 6.45) is 1.47. The molecule has 0 aliphatic carbocycles. The number of nitrogens with zero attached hydrogens (tertiary/aromatic N) is 4. The molecular weight excluding hydrogens is 482 g/mol. The van der Waals surface area contributed by atoms with Crippen LogP contribution in [0.5, 0.6) is 5.75 Å². The maximum Gasteiger partial charge on any atom is 0.415 e. The largest absolute Gasteiger partial charge is 0.415 e. The number of carbonyl (C=O) groups excluding carboxylic acids is 2. The van der Waals surface area contributed by atoms with Gasteiger partial charge in [0.1, 0.15) is 11.6 Å². The van der Waals surface area contributed by atoms with Crippen LogP contribution < -0.4 is 15.0 Å². The molecule has 3 heterocycles. The fraction of sp³-hybridized carbons (Fsp3) is 0.345. The van der Waals surface area contributed by atoms with Crippen molar-refractivity contribution in [2.75, 3.05) is 62.7 Å². The lowest BCUT2D eigenvalue weighted by molar-refractivity contribution is 0.0342. The molecule has 0 spiro atoms. The van der Waals surface area contributed by atoms with E-state index in [1.165, 1.54) is 5.56 Å². The van der Waals surface area contributed by atoms with E-state index >= 15 is 0 Å². The number of hydrogen-bond acceptors (Lipinski definition) is 7. The quantitative estimate of drug-likeness (QED) is 0.534. The fourth-order valence-electron chi connectivity index (χ4n) is 4.52. The monoisotopic (exact) mass is 515 g/mol. The first-order valence-corrected chi connectivity index (χ1v) is 13.0. The molecule has 0 radical (unpaired) electrons. The van der Waals surface area contributed by atoms with Gasteiger partial charge < -0.3 is 24.6 Å². The zero-order chi connectivity index (χ0) is 26.3. The Morgan fingerprint density at radius 1 is 0.895 bits per heavy atom. The van der Waals surface area contributed by atoms with Gasteiger partial charge in [-0.2, -0.15) is 0 Å². The summed E-state index contributed by atoms with van der Waals surface area (Å²) in [5, 5.41) is 2.90. The highest BCUT2D eigenvalue weighted by Gasteiger charge is 2.23. The third-order valence-electron chi connectivity index (χ3n) is 6.80. The molecule has 2 saturated heterocycles. The van der Waals surface area contributed by atoms with Gasteiger partial charge in [0.2, 0.25) is 0 Å². The van der Waals surface area contributed by atoms with Crippen molar-refractivity contribution in [2.24, 2.45) is 0 Å². The van der Waals surface area contributed by atoms with Crippen molar-refractivity contribution < 1.29 is 19.1 Å². The summed E-state index contributed by atoms with van der Waals surface area (Å²) >= 11 is 0. The third kappa shape index (κ3) is 6.67. The SMILES string of the molecule is Cc1ccc(N2CCN(C(=O)Oc3ccc(NC(=O)c4ccc(CN5CCOCC5)cc4)cc3)CC2)nc1. The van der Waals surface area contributed by atoms with Crippen molar-refractivity contribution in [3.8, 4) is 5.75 Å². The Bertz CT molecular complexity index is 1220. The molecule has 9 heteroatoms. The summed E-state index contributed by atoms with van der Waals surface area (Å²) in [5.74, 6) is 1.17. The number of ether oxygens (including phenoxy) is 2. The van der Waals surface area contributed by atoms with Crippen LogP contribution in [-0.2, 0) is 11.3 Å². The minimum absolute atomic E-state index is 0.186. The van der Waals surface area contributed by atoms with E-state index in [0.717, 1.165) is 44.2 Å². The lowest BCUT2D eigenvalue weighted by atomic mass is 10.1. The van der Waals surface area contributed by atoms with E-state index in [0.29, 0.717) is 43.2 Å². The molecule has 0 unspecified atom stereocenters. The highest BCUT2D eigenvalue weighted by Crippen LogP contribution is 2.19. The highest BCUT2D eigenvalue weighted by molar-refractivity contribution is 6.04. The molecular formula is C29H33N5O4. The standard InChI is InChI=1S/C29H33N5O4/c1-22-2-11-27(30-20-22)33-12-14-34(15-13-33)29(36)38-26-9-7-25(8-10-26)31-28(35)24-5-3-23(4-6-24)21-32-16-18-37-19-17-32/h2-11,20H,12-19,21H2,1H3,(H,31,35). The molecule has 1 N–H and O–H groups in total. The van der Waals surface area contributed by atoms with Crippen LogP contribution in [0.4, 0.5) is 16.3 Å². The number of piperazine rings is 1. The van der Waals surface area contributed by atoms with Crippen molar-refractivity contribution in [3.05, 3.63) is 83.6 Å². The molecule has 38 heavy (non-hydrogen) atoms. The van der Waals surface area contributed by atoms with Crippen LogP contribution >= 0.6 is 0 Å². The number of amides is 2. The van der Waals surface area contributed by atoms with E-state index in [-0.39, 0.29) is 12.0 Å². The Balaban J connectivity index is 1.08. The molecule has 2 amide bonds. The maximum atomic E-state index is 12.7. The molecule has 0 bridgehead atoms. The molecule has 2 fully saturated rings. The van der Waals surface area contributed by atoms with E-state index in [4.69, 9.17) is 9.47 Å². The number of aromatic nitrogens is 1. The van der Waals surface area contributed by atoms with Gasteiger partial charge in [0.15, 0.2) is 0 Å². The van der Waals surface area contributed by atoms with Crippen molar-refractivity contribution in [1.82, 2.24) is 14.8 Å². The number of aryl methyl sites for hydroxylation is 1.